The van der Waals surface area contributed by atoms with Crippen LogP contribution in [0.5, 0.6) is 11.5 Å². The molecule has 0 amide bonds. The minimum absolute atomic E-state index is 0.502. The van der Waals surface area contributed by atoms with Crippen molar-refractivity contribution in [3.05, 3.63) is 22.7 Å². The van der Waals surface area contributed by atoms with E-state index < -0.39 is 0 Å². The van der Waals surface area contributed by atoms with Crippen molar-refractivity contribution < 1.29 is 9.47 Å². The minimum atomic E-state index is 0.502. The van der Waals surface area contributed by atoms with Crippen LogP contribution in [0.1, 0.15) is 25.8 Å². The second-order valence-corrected chi connectivity index (χ2v) is 4.70. The molecule has 0 fully saturated rings. The Morgan fingerprint density at radius 3 is 2.88 bits per heavy atom. The number of nitrogens with one attached hydrogen (secondary N) is 1. The smallest absolute Gasteiger partial charge is 0.179 e. The van der Waals surface area contributed by atoms with Gasteiger partial charge in [0.25, 0.3) is 0 Å². The average molecular weight is 256 g/mol. The Morgan fingerprint density at radius 2 is 2.12 bits per heavy atom. The molecule has 2 rings (SSSR count). The average Bonchev–Trinajstić information content (AvgIpc) is 2.36. The van der Waals surface area contributed by atoms with Crippen LogP contribution in [0.25, 0.3) is 0 Å². The third kappa shape index (κ3) is 3.05. The molecule has 1 aromatic rings. The van der Waals surface area contributed by atoms with Crippen molar-refractivity contribution in [1.29, 1.82) is 0 Å². The number of hydrogen-bond donors (Lipinski definition) is 1. The topological polar surface area (TPSA) is 30.5 Å². The highest BCUT2D eigenvalue weighted by Gasteiger charge is 2.16. The highest BCUT2D eigenvalue weighted by molar-refractivity contribution is 6.32. The van der Waals surface area contributed by atoms with Crippen LogP contribution in [0.15, 0.2) is 12.1 Å². The van der Waals surface area contributed by atoms with Gasteiger partial charge in [0.15, 0.2) is 11.5 Å². The van der Waals surface area contributed by atoms with Crippen LogP contribution in [-0.4, -0.2) is 19.3 Å². The normalized spacial score (nSPS) is 15.7. The van der Waals surface area contributed by atoms with Gasteiger partial charge in [0.2, 0.25) is 0 Å². The van der Waals surface area contributed by atoms with E-state index in [0.717, 1.165) is 24.3 Å². The summed E-state index contributed by atoms with van der Waals surface area (Å²) in [6, 6.07) is 4.43. The van der Waals surface area contributed by atoms with E-state index in [-0.39, 0.29) is 0 Å². The molecule has 0 saturated carbocycles. The van der Waals surface area contributed by atoms with Gasteiger partial charge >= 0.3 is 0 Å². The van der Waals surface area contributed by atoms with Gasteiger partial charge in [0.05, 0.1) is 5.02 Å². The summed E-state index contributed by atoms with van der Waals surface area (Å²) >= 11 is 6.16. The van der Waals surface area contributed by atoms with Crippen LogP contribution >= 0.6 is 11.6 Å². The number of benzene rings is 1. The standard InChI is InChI=1S/C13H18ClNO2/c1-3-9(2)15-8-10-6-11(14)13-12(7-10)16-4-5-17-13/h6-7,9,15H,3-5,8H2,1-2H3. The van der Waals surface area contributed by atoms with E-state index in [4.69, 9.17) is 21.1 Å². The van der Waals surface area contributed by atoms with Gasteiger partial charge in [-0.1, -0.05) is 18.5 Å². The molecule has 0 radical (unpaired) electrons. The minimum Gasteiger partial charge on any atom is -0.486 e. The maximum absolute atomic E-state index is 6.16. The van der Waals surface area contributed by atoms with Crippen LogP contribution in [0, 0.1) is 0 Å². The summed E-state index contributed by atoms with van der Waals surface area (Å²) < 4.78 is 11.0. The Bertz CT molecular complexity index is 395. The SMILES string of the molecule is CCC(C)NCc1cc(Cl)c2c(c1)OCCO2. The lowest BCUT2D eigenvalue weighted by molar-refractivity contribution is 0.171. The van der Waals surface area contributed by atoms with E-state index in [0.29, 0.717) is 30.0 Å². The maximum atomic E-state index is 6.16. The van der Waals surface area contributed by atoms with Crippen LogP contribution in [-0.2, 0) is 6.54 Å². The summed E-state index contributed by atoms with van der Waals surface area (Å²) in [4.78, 5) is 0. The molecule has 1 aliphatic heterocycles. The van der Waals surface area contributed by atoms with Crippen LogP contribution in [0.3, 0.4) is 0 Å². The molecule has 94 valence electrons. The second-order valence-electron chi connectivity index (χ2n) is 4.29. The van der Waals surface area contributed by atoms with Gasteiger partial charge in [-0.25, -0.2) is 0 Å². The number of hydrogen-bond acceptors (Lipinski definition) is 3. The third-order valence-electron chi connectivity index (χ3n) is 2.92. The lowest BCUT2D eigenvalue weighted by atomic mass is 10.1. The van der Waals surface area contributed by atoms with E-state index in [9.17, 15) is 0 Å². The largest absolute Gasteiger partial charge is 0.486 e. The third-order valence-corrected chi connectivity index (χ3v) is 3.20. The Morgan fingerprint density at radius 1 is 1.35 bits per heavy atom. The summed E-state index contributed by atoms with van der Waals surface area (Å²) in [7, 11) is 0. The van der Waals surface area contributed by atoms with Crippen LogP contribution < -0.4 is 14.8 Å². The number of ether oxygens (including phenoxy) is 2. The highest BCUT2D eigenvalue weighted by atomic mass is 35.5. The molecular weight excluding hydrogens is 238 g/mol. The lowest BCUT2D eigenvalue weighted by Gasteiger charge is -2.20. The number of halogens is 1. The van der Waals surface area contributed by atoms with Gasteiger partial charge < -0.3 is 14.8 Å². The first-order valence-electron chi connectivity index (χ1n) is 6.02. The predicted octanol–water partition coefficient (Wildman–Crippen LogP) is 3.00. The molecule has 0 bridgehead atoms. The summed E-state index contributed by atoms with van der Waals surface area (Å²) in [5.74, 6) is 1.43. The van der Waals surface area contributed by atoms with Gasteiger partial charge in [-0.2, -0.15) is 0 Å². The molecule has 4 heteroatoms. The van der Waals surface area contributed by atoms with Gasteiger partial charge in [-0.3, -0.25) is 0 Å². The Balaban J connectivity index is 2.11. The molecule has 1 aliphatic rings. The summed E-state index contributed by atoms with van der Waals surface area (Å²) in [5, 5.41) is 4.06. The first-order valence-corrected chi connectivity index (χ1v) is 6.40. The fourth-order valence-corrected chi connectivity index (χ4v) is 1.99. The van der Waals surface area contributed by atoms with E-state index in [1.165, 1.54) is 0 Å². The van der Waals surface area contributed by atoms with Crippen molar-refractivity contribution >= 4 is 11.6 Å². The van der Waals surface area contributed by atoms with Crippen molar-refractivity contribution in [2.75, 3.05) is 13.2 Å². The van der Waals surface area contributed by atoms with Crippen molar-refractivity contribution in [2.24, 2.45) is 0 Å². The number of rotatable bonds is 4. The zero-order chi connectivity index (χ0) is 12.3. The van der Waals surface area contributed by atoms with Gasteiger partial charge in [0, 0.05) is 12.6 Å². The molecular formula is C13H18ClNO2. The lowest BCUT2D eigenvalue weighted by Crippen LogP contribution is -2.24. The maximum Gasteiger partial charge on any atom is 0.179 e. The molecule has 1 aromatic carbocycles. The zero-order valence-electron chi connectivity index (χ0n) is 10.3. The fraction of sp³-hybridized carbons (Fsp3) is 0.538. The zero-order valence-corrected chi connectivity index (χ0v) is 11.0. The Kier molecular flexibility index (Phi) is 4.13. The first kappa shape index (κ1) is 12.5. The predicted molar refractivity (Wildman–Crippen MR) is 69.0 cm³/mol. The van der Waals surface area contributed by atoms with Gasteiger partial charge in [-0.05, 0) is 31.0 Å². The highest BCUT2D eigenvalue weighted by Crippen LogP contribution is 2.38. The van der Waals surface area contributed by atoms with Crippen LogP contribution in [0.2, 0.25) is 5.02 Å². The molecule has 1 atom stereocenters. The Labute approximate surface area is 107 Å². The summed E-state index contributed by atoms with van der Waals surface area (Å²) in [6.45, 7) is 6.28. The van der Waals surface area contributed by atoms with E-state index in [1.54, 1.807) is 0 Å². The van der Waals surface area contributed by atoms with Gasteiger partial charge in [-0.15, -0.1) is 0 Å². The van der Waals surface area contributed by atoms with E-state index >= 15 is 0 Å². The molecule has 1 unspecified atom stereocenters. The molecule has 1 N–H and O–H groups in total. The first-order chi connectivity index (χ1) is 8.20. The monoisotopic (exact) mass is 255 g/mol. The fourth-order valence-electron chi connectivity index (χ4n) is 1.70. The molecule has 0 spiro atoms. The van der Waals surface area contributed by atoms with Crippen molar-refractivity contribution in [2.45, 2.75) is 32.9 Å². The Hall–Kier alpha value is -0.930. The molecule has 17 heavy (non-hydrogen) atoms. The van der Waals surface area contributed by atoms with Gasteiger partial charge in [0.1, 0.15) is 13.2 Å². The molecule has 0 aromatic heterocycles. The molecule has 1 heterocycles. The van der Waals surface area contributed by atoms with Crippen molar-refractivity contribution in [3.8, 4) is 11.5 Å². The molecule has 0 saturated heterocycles. The summed E-state index contributed by atoms with van der Waals surface area (Å²) in [5.41, 5.74) is 1.12. The van der Waals surface area contributed by atoms with Crippen molar-refractivity contribution in [1.82, 2.24) is 5.32 Å². The molecule has 0 aliphatic carbocycles. The number of fused-ring (bicyclic) bond motifs is 1. The second kappa shape index (κ2) is 5.61. The molecule has 3 nitrogen and oxygen atoms in total. The van der Waals surface area contributed by atoms with Crippen molar-refractivity contribution in [3.63, 3.8) is 0 Å². The van der Waals surface area contributed by atoms with E-state index in [2.05, 4.69) is 19.2 Å². The quantitative estimate of drug-likeness (QED) is 0.897. The van der Waals surface area contributed by atoms with E-state index in [1.807, 2.05) is 12.1 Å². The summed E-state index contributed by atoms with van der Waals surface area (Å²) in [6.07, 6.45) is 1.11. The van der Waals surface area contributed by atoms with Crippen LogP contribution in [0.4, 0.5) is 0 Å².